The molecule has 21 heavy (non-hydrogen) atoms. The van der Waals surface area contributed by atoms with Crippen LogP contribution in [0.5, 0.6) is 0 Å². The lowest BCUT2D eigenvalue weighted by Gasteiger charge is -2.16. The Kier molecular flexibility index (Phi) is 5.13. The number of hydrogen-bond donors (Lipinski definition) is 1. The summed E-state index contributed by atoms with van der Waals surface area (Å²) in [6, 6.07) is 14.0. The molecule has 0 amide bonds. The first-order valence-electron chi connectivity index (χ1n) is 7.55. The van der Waals surface area contributed by atoms with E-state index in [0.29, 0.717) is 5.92 Å². The number of benzene rings is 2. The van der Waals surface area contributed by atoms with Crippen LogP contribution >= 0.6 is 0 Å². The minimum absolute atomic E-state index is 0.173. The maximum absolute atomic E-state index is 13.1. The Hall–Kier alpha value is -1.67. The highest BCUT2D eigenvalue weighted by atomic mass is 19.1. The van der Waals surface area contributed by atoms with Gasteiger partial charge < -0.3 is 5.32 Å². The molecule has 2 heteroatoms. The van der Waals surface area contributed by atoms with E-state index < -0.39 is 0 Å². The van der Waals surface area contributed by atoms with Gasteiger partial charge in [0, 0.05) is 12.6 Å². The van der Waals surface area contributed by atoms with E-state index in [4.69, 9.17) is 0 Å². The topological polar surface area (TPSA) is 12.0 Å². The maximum atomic E-state index is 13.1. The van der Waals surface area contributed by atoms with Crippen molar-refractivity contribution >= 4 is 0 Å². The lowest BCUT2D eigenvalue weighted by molar-refractivity contribution is 0.571. The molecule has 0 aliphatic carbocycles. The molecule has 1 unspecified atom stereocenters. The molecule has 1 nitrogen and oxygen atoms in total. The molecule has 2 rings (SSSR count). The Morgan fingerprint density at radius 1 is 0.952 bits per heavy atom. The highest BCUT2D eigenvalue weighted by molar-refractivity contribution is 5.28. The van der Waals surface area contributed by atoms with Gasteiger partial charge in [0.25, 0.3) is 0 Å². The van der Waals surface area contributed by atoms with Crippen molar-refractivity contribution in [1.82, 2.24) is 5.32 Å². The molecular weight excluding hydrogens is 261 g/mol. The van der Waals surface area contributed by atoms with Crippen LogP contribution in [0.4, 0.5) is 4.39 Å². The molecule has 0 spiro atoms. The van der Waals surface area contributed by atoms with Crippen molar-refractivity contribution in [3.8, 4) is 0 Å². The molecule has 0 radical (unpaired) electrons. The van der Waals surface area contributed by atoms with Crippen LogP contribution in [0.3, 0.4) is 0 Å². The van der Waals surface area contributed by atoms with Crippen LogP contribution in [-0.2, 0) is 6.54 Å². The van der Waals surface area contributed by atoms with Gasteiger partial charge >= 0.3 is 0 Å². The Bertz CT molecular complexity index is 587. The van der Waals surface area contributed by atoms with Crippen LogP contribution in [-0.4, -0.2) is 0 Å². The van der Waals surface area contributed by atoms with Crippen molar-refractivity contribution in [3.63, 3.8) is 0 Å². The number of halogens is 1. The molecule has 2 aromatic rings. The molecule has 0 aromatic heterocycles. The van der Waals surface area contributed by atoms with Gasteiger partial charge in [-0.2, -0.15) is 0 Å². The average Bonchev–Trinajstić information content (AvgIpc) is 2.46. The second kappa shape index (κ2) is 6.86. The van der Waals surface area contributed by atoms with Crippen LogP contribution in [0.15, 0.2) is 42.5 Å². The molecule has 2 aromatic carbocycles. The zero-order valence-corrected chi connectivity index (χ0v) is 13.3. The summed E-state index contributed by atoms with van der Waals surface area (Å²) in [4.78, 5) is 0. The Balaban J connectivity index is 1.99. The lowest BCUT2D eigenvalue weighted by atomic mass is 9.99. The normalized spacial score (nSPS) is 12.7. The summed E-state index contributed by atoms with van der Waals surface area (Å²) in [6.45, 7) is 9.26. The van der Waals surface area contributed by atoms with Gasteiger partial charge in [0.2, 0.25) is 0 Å². The van der Waals surface area contributed by atoms with E-state index in [1.54, 1.807) is 6.07 Å². The van der Waals surface area contributed by atoms with E-state index in [2.05, 4.69) is 50.4 Å². The molecule has 1 N–H and O–H groups in total. The summed E-state index contributed by atoms with van der Waals surface area (Å²) >= 11 is 0. The monoisotopic (exact) mass is 285 g/mol. The number of aryl methyl sites for hydroxylation is 1. The van der Waals surface area contributed by atoms with E-state index >= 15 is 0 Å². The Morgan fingerprint density at radius 2 is 1.57 bits per heavy atom. The number of rotatable bonds is 5. The van der Waals surface area contributed by atoms with Crippen LogP contribution in [0.2, 0.25) is 0 Å². The summed E-state index contributed by atoms with van der Waals surface area (Å²) in [5.41, 5.74) is 4.77. The van der Waals surface area contributed by atoms with E-state index in [-0.39, 0.29) is 11.9 Å². The zero-order valence-electron chi connectivity index (χ0n) is 13.3. The first-order valence-corrected chi connectivity index (χ1v) is 7.55. The molecule has 0 aliphatic heterocycles. The number of nitrogens with one attached hydrogen (secondary N) is 1. The smallest absolute Gasteiger partial charge is 0.123 e. The molecule has 0 heterocycles. The van der Waals surface area contributed by atoms with Crippen LogP contribution in [0, 0.1) is 12.7 Å². The van der Waals surface area contributed by atoms with Crippen molar-refractivity contribution in [2.24, 2.45) is 0 Å². The van der Waals surface area contributed by atoms with Crippen molar-refractivity contribution in [1.29, 1.82) is 0 Å². The SMILES string of the molecule is Cc1cc(F)ccc1CNC(C)c1ccc(C(C)C)cc1. The summed E-state index contributed by atoms with van der Waals surface area (Å²) in [5, 5.41) is 3.50. The van der Waals surface area contributed by atoms with Crippen LogP contribution in [0.1, 0.15) is 55.0 Å². The highest BCUT2D eigenvalue weighted by Crippen LogP contribution is 2.19. The van der Waals surface area contributed by atoms with Crippen LogP contribution in [0.25, 0.3) is 0 Å². The van der Waals surface area contributed by atoms with Gasteiger partial charge in [0.1, 0.15) is 5.82 Å². The van der Waals surface area contributed by atoms with Crippen molar-refractivity contribution < 1.29 is 4.39 Å². The van der Waals surface area contributed by atoms with Gasteiger partial charge in [-0.3, -0.25) is 0 Å². The summed E-state index contributed by atoms with van der Waals surface area (Å²) < 4.78 is 13.1. The predicted molar refractivity (Wildman–Crippen MR) is 86.9 cm³/mol. The molecular formula is C19H24FN. The third kappa shape index (κ3) is 4.15. The molecule has 0 saturated carbocycles. The van der Waals surface area contributed by atoms with E-state index in [1.165, 1.54) is 17.2 Å². The van der Waals surface area contributed by atoms with Crippen LogP contribution < -0.4 is 5.32 Å². The fraction of sp³-hybridized carbons (Fsp3) is 0.368. The zero-order chi connectivity index (χ0) is 15.4. The van der Waals surface area contributed by atoms with Gasteiger partial charge in [-0.1, -0.05) is 44.2 Å². The minimum Gasteiger partial charge on any atom is -0.306 e. The molecule has 0 bridgehead atoms. The van der Waals surface area contributed by atoms with Gasteiger partial charge in [-0.05, 0) is 54.2 Å². The lowest BCUT2D eigenvalue weighted by Crippen LogP contribution is -2.18. The third-order valence-corrected chi connectivity index (χ3v) is 4.01. The van der Waals surface area contributed by atoms with Gasteiger partial charge in [-0.15, -0.1) is 0 Å². The molecule has 0 aliphatic rings. The van der Waals surface area contributed by atoms with Gasteiger partial charge in [0.05, 0.1) is 0 Å². The highest BCUT2D eigenvalue weighted by Gasteiger charge is 2.07. The fourth-order valence-corrected chi connectivity index (χ4v) is 2.41. The van der Waals surface area contributed by atoms with Gasteiger partial charge in [0.15, 0.2) is 0 Å². The predicted octanol–water partition coefficient (Wildman–Crippen LogP) is 5.11. The molecule has 0 fully saturated rings. The summed E-state index contributed by atoms with van der Waals surface area (Å²) in [6.07, 6.45) is 0. The second-order valence-electron chi connectivity index (χ2n) is 5.99. The quantitative estimate of drug-likeness (QED) is 0.805. The maximum Gasteiger partial charge on any atom is 0.123 e. The largest absolute Gasteiger partial charge is 0.306 e. The Morgan fingerprint density at radius 3 is 2.14 bits per heavy atom. The molecule has 1 atom stereocenters. The summed E-state index contributed by atoms with van der Waals surface area (Å²) in [7, 11) is 0. The molecule has 112 valence electrons. The van der Waals surface area contributed by atoms with Crippen molar-refractivity contribution in [2.75, 3.05) is 0 Å². The molecule has 0 saturated heterocycles. The second-order valence-corrected chi connectivity index (χ2v) is 5.99. The standard InChI is InChI=1S/C19H24FN/c1-13(2)16-5-7-17(8-6-16)15(4)21-12-18-9-10-19(20)11-14(18)3/h5-11,13,15,21H,12H2,1-4H3. The Labute approximate surface area is 127 Å². The average molecular weight is 285 g/mol. The van der Waals surface area contributed by atoms with Crippen molar-refractivity contribution in [2.45, 2.75) is 46.2 Å². The van der Waals surface area contributed by atoms with Gasteiger partial charge in [-0.25, -0.2) is 4.39 Å². The van der Waals surface area contributed by atoms with E-state index in [0.717, 1.165) is 17.7 Å². The summed E-state index contributed by atoms with van der Waals surface area (Å²) in [5.74, 6) is 0.387. The number of hydrogen-bond acceptors (Lipinski definition) is 1. The van der Waals surface area contributed by atoms with E-state index in [1.807, 2.05) is 13.0 Å². The first-order chi connectivity index (χ1) is 9.97. The third-order valence-electron chi connectivity index (χ3n) is 4.01. The first kappa shape index (κ1) is 15.7. The minimum atomic E-state index is -0.173. The fourth-order valence-electron chi connectivity index (χ4n) is 2.41. The van der Waals surface area contributed by atoms with E-state index in [9.17, 15) is 4.39 Å². The van der Waals surface area contributed by atoms with Crippen molar-refractivity contribution in [3.05, 3.63) is 70.5 Å².